The Balaban J connectivity index is 2.45. The standard InChI is InChI=1S/C17H26N4O3/c1-12(22)18-13-6-8-14(9-7-13)19-15(23)10-21(5)11-16(24)20-17(2,3)4/h6-9H,10-11H2,1-5H3,(H,18,22)(H,19,23)(H,20,24). The first kappa shape index (κ1) is 19.6. The Hall–Kier alpha value is -2.41. The maximum absolute atomic E-state index is 12.0. The fourth-order valence-electron chi connectivity index (χ4n) is 2.04. The molecule has 1 rings (SSSR count). The molecule has 0 unspecified atom stereocenters. The molecular weight excluding hydrogens is 308 g/mol. The average molecular weight is 334 g/mol. The lowest BCUT2D eigenvalue weighted by atomic mass is 10.1. The molecule has 0 radical (unpaired) electrons. The molecular formula is C17H26N4O3. The topological polar surface area (TPSA) is 90.5 Å². The van der Waals surface area contributed by atoms with Gasteiger partial charge in [-0.3, -0.25) is 19.3 Å². The summed E-state index contributed by atoms with van der Waals surface area (Å²) >= 11 is 0. The van der Waals surface area contributed by atoms with Crippen LogP contribution in [0.25, 0.3) is 0 Å². The summed E-state index contributed by atoms with van der Waals surface area (Å²) in [4.78, 5) is 36.4. The number of anilines is 2. The van der Waals surface area contributed by atoms with Crippen molar-refractivity contribution < 1.29 is 14.4 Å². The summed E-state index contributed by atoms with van der Waals surface area (Å²) in [6, 6.07) is 6.82. The lowest BCUT2D eigenvalue weighted by Crippen LogP contribution is -2.46. The molecule has 3 amide bonds. The first-order chi connectivity index (χ1) is 11.0. The molecule has 1 aromatic rings. The summed E-state index contributed by atoms with van der Waals surface area (Å²) in [5.74, 6) is -0.493. The number of benzene rings is 1. The van der Waals surface area contributed by atoms with Crippen LogP contribution >= 0.6 is 0 Å². The molecule has 0 aliphatic rings. The zero-order valence-corrected chi connectivity index (χ0v) is 14.9. The molecule has 0 spiro atoms. The highest BCUT2D eigenvalue weighted by atomic mass is 16.2. The second kappa shape index (κ2) is 8.44. The summed E-state index contributed by atoms with van der Waals surface area (Å²) in [6.45, 7) is 7.39. The van der Waals surface area contributed by atoms with Crippen LogP contribution in [0.15, 0.2) is 24.3 Å². The van der Waals surface area contributed by atoms with Crippen molar-refractivity contribution in [1.82, 2.24) is 10.2 Å². The van der Waals surface area contributed by atoms with E-state index < -0.39 is 0 Å². The van der Waals surface area contributed by atoms with E-state index in [-0.39, 0.29) is 36.3 Å². The van der Waals surface area contributed by atoms with E-state index in [0.29, 0.717) is 11.4 Å². The minimum atomic E-state index is -0.296. The predicted molar refractivity (Wildman–Crippen MR) is 94.8 cm³/mol. The van der Waals surface area contributed by atoms with Crippen LogP contribution < -0.4 is 16.0 Å². The maximum atomic E-state index is 12.0. The Bertz CT molecular complexity index is 591. The van der Waals surface area contributed by atoms with Crippen LogP contribution in [-0.4, -0.2) is 48.3 Å². The van der Waals surface area contributed by atoms with Gasteiger partial charge >= 0.3 is 0 Å². The van der Waals surface area contributed by atoms with Gasteiger partial charge in [-0.15, -0.1) is 0 Å². The van der Waals surface area contributed by atoms with Gasteiger partial charge in [-0.1, -0.05) is 0 Å². The van der Waals surface area contributed by atoms with Gasteiger partial charge in [-0.25, -0.2) is 0 Å². The maximum Gasteiger partial charge on any atom is 0.238 e. The summed E-state index contributed by atoms with van der Waals surface area (Å²) in [6.07, 6.45) is 0. The molecule has 7 nitrogen and oxygen atoms in total. The average Bonchev–Trinajstić information content (AvgIpc) is 2.37. The van der Waals surface area contributed by atoms with E-state index >= 15 is 0 Å². The quantitative estimate of drug-likeness (QED) is 0.734. The minimum absolute atomic E-state index is 0.102. The number of carbonyl (C=O) groups is 3. The van der Waals surface area contributed by atoms with E-state index in [1.54, 1.807) is 36.2 Å². The normalized spacial score (nSPS) is 11.1. The number of nitrogens with one attached hydrogen (secondary N) is 3. The van der Waals surface area contributed by atoms with Crippen LogP contribution in [0.4, 0.5) is 11.4 Å². The Morgan fingerprint density at radius 1 is 0.917 bits per heavy atom. The molecule has 0 aliphatic heterocycles. The van der Waals surface area contributed by atoms with E-state index in [9.17, 15) is 14.4 Å². The molecule has 0 aromatic heterocycles. The summed E-state index contributed by atoms with van der Waals surface area (Å²) in [5.41, 5.74) is 0.994. The van der Waals surface area contributed by atoms with Gasteiger partial charge in [0.05, 0.1) is 13.1 Å². The molecule has 0 saturated carbocycles. The largest absolute Gasteiger partial charge is 0.350 e. The third-order valence-electron chi connectivity index (χ3n) is 2.83. The summed E-state index contributed by atoms with van der Waals surface area (Å²) < 4.78 is 0. The Morgan fingerprint density at radius 3 is 1.83 bits per heavy atom. The van der Waals surface area contributed by atoms with Crippen molar-refractivity contribution in [2.45, 2.75) is 33.2 Å². The highest BCUT2D eigenvalue weighted by molar-refractivity contribution is 5.93. The highest BCUT2D eigenvalue weighted by Crippen LogP contribution is 2.13. The SMILES string of the molecule is CC(=O)Nc1ccc(NC(=O)CN(C)CC(=O)NC(C)(C)C)cc1. The van der Waals surface area contributed by atoms with Crippen LogP contribution in [0.1, 0.15) is 27.7 Å². The van der Waals surface area contributed by atoms with Gasteiger partial charge in [0.2, 0.25) is 17.7 Å². The third kappa shape index (κ3) is 8.28. The number of likely N-dealkylation sites (N-methyl/N-ethyl adjacent to an activating group) is 1. The van der Waals surface area contributed by atoms with Crippen LogP contribution in [0.2, 0.25) is 0 Å². The fourth-order valence-corrected chi connectivity index (χ4v) is 2.04. The first-order valence-corrected chi connectivity index (χ1v) is 7.72. The van der Waals surface area contributed by atoms with Crippen molar-refractivity contribution in [3.05, 3.63) is 24.3 Å². The molecule has 0 saturated heterocycles. The Morgan fingerprint density at radius 2 is 1.38 bits per heavy atom. The molecule has 7 heteroatoms. The smallest absolute Gasteiger partial charge is 0.238 e. The molecule has 0 aliphatic carbocycles. The zero-order valence-electron chi connectivity index (χ0n) is 14.9. The first-order valence-electron chi connectivity index (χ1n) is 7.72. The molecule has 0 fully saturated rings. The molecule has 1 aromatic carbocycles. The van der Waals surface area contributed by atoms with Crippen molar-refractivity contribution in [1.29, 1.82) is 0 Å². The zero-order chi connectivity index (χ0) is 18.3. The molecule has 3 N–H and O–H groups in total. The second-order valence-corrected chi connectivity index (χ2v) is 6.78. The van der Waals surface area contributed by atoms with Crippen LogP contribution in [0.3, 0.4) is 0 Å². The lowest BCUT2D eigenvalue weighted by molar-refractivity contribution is -0.124. The van der Waals surface area contributed by atoms with E-state index in [1.165, 1.54) is 6.92 Å². The molecule has 0 heterocycles. The van der Waals surface area contributed by atoms with Gasteiger partial charge < -0.3 is 16.0 Å². The fraction of sp³-hybridized carbons (Fsp3) is 0.471. The van der Waals surface area contributed by atoms with E-state index in [2.05, 4.69) is 16.0 Å². The molecule has 132 valence electrons. The number of carbonyl (C=O) groups excluding carboxylic acids is 3. The number of nitrogens with zero attached hydrogens (tertiary/aromatic N) is 1. The van der Waals surface area contributed by atoms with E-state index in [4.69, 9.17) is 0 Å². The predicted octanol–water partition coefficient (Wildman–Crippen LogP) is 1.43. The monoisotopic (exact) mass is 334 g/mol. The molecule has 0 atom stereocenters. The molecule has 0 bridgehead atoms. The van der Waals surface area contributed by atoms with Crippen molar-refractivity contribution in [3.63, 3.8) is 0 Å². The molecule has 24 heavy (non-hydrogen) atoms. The number of rotatable bonds is 6. The van der Waals surface area contributed by atoms with Gasteiger partial charge in [0.25, 0.3) is 0 Å². The van der Waals surface area contributed by atoms with Gasteiger partial charge in [-0.2, -0.15) is 0 Å². The van der Waals surface area contributed by atoms with Crippen LogP contribution in [0.5, 0.6) is 0 Å². The summed E-state index contributed by atoms with van der Waals surface area (Å²) in [7, 11) is 1.71. The van der Waals surface area contributed by atoms with Crippen molar-refractivity contribution >= 4 is 29.1 Å². The number of hydrogen-bond acceptors (Lipinski definition) is 4. The van der Waals surface area contributed by atoms with Crippen LogP contribution in [0, 0.1) is 0 Å². The van der Waals surface area contributed by atoms with Gasteiger partial charge in [0.15, 0.2) is 0 Å². The Labute approximate surface area is 142 Å². The van der Waals surface area contributed by atoms with Gasteiger partial charge in [-0.05, 0) is 52.1 Å². The van der Waals surface area contributed by atoms with E-state index in [0.717, 1.165) is 0 Å². The minimum Gasteiger partial charge on any atom is -0.350 e. The number of hydrogen-bond donors (Lipinski definition) is 3. The Kier molecular flexibility index (Phi) is 6.91. The third-order valence-corrected chi connectivity index (χ3v) is 2.83. The van der Waals surface area contributed by atoms with E-state index in [1.807, 2.05) is 20.8 Å². The summed E-state index contributed by atoms with van der Waals surface area (Å²) in [5, 5.41) is 8.25. The number of amides is 3. The van der Waals surface area contributed by atoms with Crippen molar-refractivity contribution in [2.24, 2.45) is 0 Å². The highest BCUT2D eigenvalue weighted by Gasteiger charge is 2.16. The van der Waals surface area contributed by atoms with Crippen molar-refractivity contribution in [3.8, 4) is 0 Å². The van der Waals surface area contributed by atoms with Gasteiger partial charge in [0, 0.05) is 23.8 Å². The second-order valence-electron chi connectivity index (χ2n) is 6.78. The van der Waals surface area contributed by atoms with Crippen LogP contribution in [-0.2, 0) is 14.4 Å². The van der Waals surface area contributed by atoms with Gasteiger partial charge in [0.1, 0.15) is 0 Å². The lowest BCUT2D eigenvalue weighted by Gasteiger charge is -2.23. The van der Waals surface area contributed by atoms with Crippen molar-refractivity contribution in [2.75, 3.05) is 30.8 Å².